The van der Waals surface area contributed by atoms with Crippen LogP contribution in [-0.2, 0) is 4.74 Å². The van der Waals surface area contributed by atoms with E-state index in [4.69, 9.17) is 32.7 Å². The van der Waals surface area contributed by atoms with Crippen molar-refractivity contribution in [2.45, 2.75) is 20.3 Å². The van der Waals surface area contributed by atoms with Crippen LogP contribution < -0.4 is 4.74 Å². The van der Waals surface area contributed by atoms with Crippen LogP contribution in [0.25, 0.3) is 0 Å². The first-order chi connectivity index (χ1) is 8.10. The highest BCUT2D eigenvalue weighted by molar-refractivity contribution is 6.42. The highest BCUT2D eigenvalue weighted by atomic mass is 35.5. The molecule has 1 aromatic rings. The summed E-state index contributed by atoms with van der Waals surface area (Å²) in [5.74, 6) is -0.0585. The smallest absolute Gasteiger partial charge is 0.341 e. The molecule has 0 aromatic heterocycles. The van der Waals surface area contributed by atoms with E-state index < -0.39 is 5.97 Å². The molecule has 1 aromatic carbocycles. The van der Waals surface area contributed by atoms with E-state index in [1.165, 1.54) is 12.1 Å². The molecule has 0 saturated heterocycles. The molecule has 0 saturated carbocycles. The van der Waals surface area contributed by atoms with E-state index in [0.29, 0.717) is 34.6 Å². The third kappa shape index (κ3) is 3.79. The number of ether oxygens (including phenoxy) is 2. The molecule has 94 valence electrons. The maximum Gasteiger partial charge on any atom is 0.341 e. The first-order valence-corrected chi connectivity index (χ1v) is 6.14. The molecule has 0 bridgehead atoms. The molecule has 0 aliphatic carbocycles. The van der Waals surface area contributed by atoms with E-state index in [2.05, 4.69) is 0 Å². The summed E-state index contributed by atoms with van der Waals surface area (Å²) >= 11 is 11.8. The molecular weight excluding hydrogens is 263 g/mol. The van der Waals surface area contributed by atoms with Crippen LogP contribution in [0.4, 0.5) is 0 Å². The van der Waals surface area contributed by atoms with Crippen molar-refractivity contribution < 1.29 is 14.3 Å². The Morgan fingerprint density at radius 2 is 1.88 bits per heavy atom. The summed E-state index contributed by atoms with van der Waals surface area (Å²) in [4.78, 5) is 11.7. The van der Waals surface area contributed by atoms with Crippen molar-refractivity contribution in [3.63, 3.8) is 0 Å². The molecule has 0 radical (unpaired) electrons. The van der Waals surface area contributed by atoms with Crippen LogP contribution in [0.3, 0.4) is 0 Å². The fraction of sp³-hybridized carbons (Fsp3) is 0.417. The molecule has 0 aliphatic heterocycles. The van der Waals surface area contributed by atoms with Crippen LogP contribution in [-0.4, -0.2) is 19.2 Å². The molecule has 5 heteroatoms. The van der Waals surface area contributed by atoms with Gasteiger partial charge in [-0.25, -0.2) is 4.79 Å². The molecule has 1 rings (SSSR count). The van der Waals surface area contributed by atoms with E-state index >= 15 is 0 Å². The second-order valence-corrected chi connectivity index (χ2v) is 4.15. The Morgan fingerprint density at radius 3 is 2.47 bits per heavy atom. The topological polar surface area (TPSA) is 35.5 Å². The van der Waals surface area contributed by atoms with Gasteiger partial charge in [0.2, 0.25) is 0 Å². The third-order valence-corrected chi connectivity index (χ3v) is 2.70. The monoisotopic (exact) mass is 276 g/mol. The van der Waals surface area contributed by atoms with Crippen molar-refractivity contribution >= 4 is 29.2 Å². The molecule has 0 fully saturated rings. The van der Waals surface area contributed by atoms with Crippen LogP contribution in [0.5, 0.6) is 5.75 Å². The van der Waals surface area contributed by atoms with Crippen LogP contribution in [0.15, 0.2) is 12.1 Å². The molecular formula is C12H14Cl2O3. The maximum absolute atomic E-state index is 11.7. The van der Waals surface area contributed by atoms with E-state index in [1.54, 1.807) is 6.92 Å². The van der Waals surface area contributed by atoms with Gasteiger partial charge < -0.3 is 9.47 Å². The van der Waals surface area contributed by atoms with Gasteiger partial charge in [0, 0.05) is 6.07 Å². The number of rotatable bonds is 5. The molecule has 17 heavy (non-hydrogen) atoms. The van der Waals surface area contributed by atoms with Crippen molar-refractivity contribution in [2.75, 3.05) is 13.2 Å². The van der Waals surface area contributed by atoms with E-state index in [9.17, 15) is 4.79 Å². The zero-order chi connectivity index (χ0) is 12.8. The van der Waals surface area contributed by atoms with Crippen molar-refractivity contribution in [2.24, 2.45) is 0 Å². The summed E-state index contributed by atoms with van der Waals surface area (Å²) < 4.78 is 10.4. The van der Waals surface area contributed by atoms with Crippen LogP contribution in [0.1, 0.15) is 30.6 Å². The zero-order valence-electron chi connectivity index (χ0n) is 9.76. The van der Waals surface area contributed by atoms with Gasteiger partial charge in [-0.2, -0.15) is 0 Å². The number of esters is 1. The molecule has 0 atom stereocenters. The Morgan fingerprint density at radius 1 is 1.24 bits per heavy atom. The Kier molecular flexibility index (Phi) is 5.59. The minimum absolute atomic E-state index is 0.298. The van der Waals surface area contributed by atoms with Gasteiger partial charge in [-0.05, 0) is 19.4 Å². The lowest BCUT2D eigenvalue weighted by atomic mass is 10.2. The predicted octanol–water partition coefficient (Wildman–Crippen LogP) is 3.96. The number of benzene rings is 1. The van der Waals surface area contributed by atoms with Gasteiger partial charge in [-0.1, -0.05) is 30.1 Å². The molecule has 0 heterocycles. The summed E-state index contributed by atoms with van der Waals surface area (Å²) in [7, 11) is 0. The first-order valence-electron chi connectivity index (χ1n) is 5.39. The van der Waals surface area contributed by atoms with E-state index in [1.807, 2.05) is 6.92 Å². The zero-order valence-corrected chi connectivity index (χ0v) is 11.3. The second-order valence-electron chi connectivity index (χ2n) is 3.33. The fourth-order valence-electron chi connectivity index (χ4n) is 1.23. The summed E-state index contributed by atoms with van der Waals surface area (Å²) in [6.45, 7) is 4.51. The number of carbonyl (C=O) groups is 1. The van der Waals surface area contributed by atoms with Crippen molar-refractivity contribution in [1.82, 2.24) is 0 Å². The van der Waals surface area contributed by atoms with Crippen LogP contribution in [0.2, 0.25) is 10.0 Å². The third-order valence-electron chi connectivity index (χ3n) is 1.98. The van der Waals surface area contributed by atoms with Gasteiger partial charge in [0.15, 0.2) is 0 Å². The lowest BCUT2D eigenvalue weighted by Gasteiger charge is -2.11. The fourth-order valence-corrected chi connectivity index (χ4v) is 1.55. The minimum atomic E-state index is -0.461. The molecule has 0 N–H and O–H groups in total. The average Bonchev–Trinajstić information content (AvgIpc) is 2.30. The Hall–Kier alpha value is -0.930. The molecule has 0 amide bonds. The molecule has 0 aliphatic rings. The predicted molar refractivity (Wildman–Crippen MR) is 68.2 cm³/mol. The first kappa shape index (κ1) is 14.1. The standard InChI is InChI=1S/C12H14Cl2O3/c1-3-5-17-11-7-10(14)9(13)6-8(11)12(15)16-4-2/h6-7H,3-5H2,1-2H3. The number of halogens is 2. The lowest BCUT2D eigenvalue weighted by Crippen LogP contribution is -2.08. The normalized spacial score (nSPS) is 10.1. The number of hydrogen-bond donors (Lipinski definition) is 0. The number of hydrogen-bond acceptors (Lipinski definition) is 3. The highest BCUT2D eigenvalue weighted by Crippen LogP contribution is 2.31. The second kappa shape index (κ2) is 6.72. The lowest BCUT2D eigenvalue weighted by molar-refractivity contribution is 0.0521. The SMILES string of the molecule is CCCOc1cc(Cl)c(Cl)cc1C(=O)OCC. The summed E-state index contributed by atoms with van der Waals surface area (Å²) in [5.41, 5.74) is 0.301. The highest BCUT2D eigenvalue weighted by Gasteiger charge is 2.16. The maximum atomic E-state index is 11.7. The van der Waals surface area contributed by atoms with E-state index in [0.717, 1.165) is 6.42 Å². The summed E-state index contributed by atoms with van der Waals surface area (Å²) in [5, 5.41) is 0.657. The van der Waals surface area contributed by atoms with Gasteiger partial charge in [-0.15, -0.1) is 0 Å². The minimum Gasteiger partial charge on any atom is -0.493 e. The molecule has 0 spiro atoms. The largest absolute Gasteiger partial charge is 0.493 e. The van der Waals surface area contributed by atoms with Crippen molar-refractivity contribution in [3.05, 3.63) is 27.7 Å². The van der Waals surface area contributed by atoms with Crippen molar-refractivity contribution in [3.8, 4) is 5.75 Å². The van der Waals surface area contributed by atoms with Gasteiger partial charge in [0.1, 0.15) is 11.3 Å². The Labute approximate surface area is 111 Å². The van der Waals surface area contributed by atoms with Crippen LogP contribution >= 0.6 is 23.2 Å². The molecule has 0 unspecified atom stereocenters. The quantitative estimate of drug-likeness (QED) is 0.764. The summed E-state index contributed by atoms with van der Waals surface area (Å²) in [6.07, 6.45) is 0.836. The van der Waals surface area contributed by atoms with Gasteiger partial charge in [-0.3, -0.25) is 0 Å². The van der Waals surface area contributed by atoms with Crippen LogP contribution in [0, 0.1) is 0 Å². The molecule has 3 nitrogen and oxygen atoms in total. The van der Waals surface area contributed by atoms with Gasteiger partial charge >= 0.3 is 5.97 Å². The van der Waals surface area contributed by atoms with E-state index in [-0.39, 0.29) is 0 Å². The van der Waals surface area contributed by atoms with Crippen molar-refractivity contribution in [1.29, 1.82) is 0 Å². The Bertz CT molecular complexity index is 405. The number of carbonyl (C=O) groups excluding carboxylic acids is 1. The van der Waals surface area contributed by atoms with Gasteiger partial charge in [0.25, 0.3) is 0 Å². The van der Waals surface area contributed by atoms with Gasteiger partial charge in [0.05, 0.1) is 23.3 Å². The average molecular weight is 277 g/mol. The Balaban J connectivity index is 3.06. The summed E-state index contributed by atoms with van der Waals surface area (Å²) in [6, 6.07) is 3.00.